The highest BCUT2D eigenvalue weighted by Gasteiger charge is 2.26. The van der Waals surface area contributed by atoms with Gasteiger partial charge < -0.3 is 14.5 Å². The van der Waals surface area contributed by atoms with Crippen molar-refractivity contribution in [2.24, 2.45) is 0 Å². The first-order valence-electron chi connectivity index (χ1n) is 8.61. The summed E-state index contributed by atoms with van der Waals surface area (Å²) in [6, 6.07) is 0. The molecule has 0 unspecified atom stereocenters. The van der Waals surface area contributed by atoms with Gasteiger partial charge in [0.25, 0.3) is 5.91 Å². The number of ether oxygens (including phenoxy) is 2. The Bertz CT molecular complexity index is 899. The minimum atomic E-state index is -0.507. The minimum Gasteiger partial charge on any atom is -0.460 e. The van der Waals surface area contributed by atoms with Gasteiger partial charge in [-0.1, -0.05) is 11.3 Å². The highest BCUT2D eigenvalue weighted by Crippen LogP contribution is 2.30. The van der Waals surface area contributed by atoms with Crippen LogP contribution >= 0.6 is 11.3 Å². The highest BCUT2D eigenvalue weighted by molar-refractivity contribution is 7.17. The lowest BCUT2D eigenvalue weighted by Gasteiger charge is -2.05. The summed E-state index contributed by atoms with van der Waals surface area (Å²) >= 11 is 1.19. The van der Waals surface area contributed by atoms with Gasteiger partial charge in [0, 0.05) is 19.2 Å². The fourth-order valence-electron chi connectivity index (χ4n) is 3.06. The Morgan fingerprint density at radius 1 is 1.26 bits per heavy atom. The van der Waals surface area contributed by atoms with Crippen molar-refractivity contribution in [1.29, 1.82) is 0 Å². The van der Waals surface area contributed by atoms with E-state index in [2.05, 4.69) is 15.3 Å². The number of aromatic nitrogens is 2. The van der Waals surface area contributed by atoms with Crippen LogP contribution in [0.25, 0.3) is 0 Å². The molecule has 1 aliphatic rings. The maximum atomic E-state index is 12.6. The number of hydrogen-bond donors (Lipinski definition) is 2. The number of thiazole rings is 1. The van der Waals surface area contributed by atoms with Gasteiger partial charge in [-0.2, -0.15) is 0 Å². The molecular weight excluding hydrogens is 370 g/mol. The molecule has 3 rings (SSSR count). The lowest BCUT2D eigenvalue weighted by molar-refractivity contribution is 0.0386. The minimum absolute atomic E-state index is 0.0715. The van der Waals surface area contributed by atoms with Gasteiger partial charge in [0.15, 0.2) is 10.9 Å². The number of carbonyl (C=O) groups is 3. The first kappa shape index (κ1) is 19.2. The molecule has 0 fully saturated rings. The van der Waals surface area contributed by atoms with Crippen molar-refractivity contribution in [2.45, 2.75) is 33.1 Å². The van der Waals surface area contributed by atoms with E-state index in [9.17, 15) is 14.4 Å². The Morgan fingerprint density at radius 3 is 2.74 bits per heavy atom. The number of amides is 1. The number of anilines is 1. The molecule has 0 aliphatic heterocycles. The summed E-state index contributed by atoms with van der Waals surface area (Å²) in [5, 5.41) is 3.11. The van der Waals surface area contributed by atoms with E-state index >= 15 is 0 Å². The lowest BCUT2D eigenvalue weighted by Crippen LogP contribution is -2.14. The molecule has 0 bridgehead atoms. The molecule has 27 heavy (non-hydrogen) atoms. The quantitative estimate of drug-likeness (QED) is 0.579. The third-order valence-electron chi connectivity index (χ3n) is 4.38. The van der Waals surface area contributed by atoms with E-state index in [0.717, 1.165) is 18.5 Å². The SMILES string of the molecule is COCCOC(=O)c1c(C)[nH]c(C(=O)Nc2nc3c(s2)C(=O)CCC3)c1C. The number of methoxy groups -OCH3 is 1. The summed E-state index contributed by atoms with van der Waals surface area (Å²) in [6.07, 6.45) is 2.05. The van der Waals surface area contributed by atoms with Crippen LogP contribution in [0.5, 0.6) is 0 Å². The molecule has 0 radical (unpaired) electrons. The molecular formula is C18H21N3O5S. The normalized spacial score (nSPS) is 13.4. The Hall–Kier alpha value is -2.52. The van der Waals surface area contributed by atoms with Gasteiger partial charge >= 0.3 is 5.97 Å². The molecule has 0 aromatic carbocycles. The lowest BCUT2D eigenvalue weighted by atomic mass is 10.0. The maximum Gasteiger partial charge on any atom is 0.340 e. The van der Waals surface area contributed by atoms with Crippen molar-refractivity contribution < 1.29 is 23.9 Å². The Labute approximate surface area is 160 Å². The van der Waals surface area contributed by atoms with Crippen LogP contribution in [-0.4, -0.2) is 48.0 Å². The summed E-state index contributed by atoms with van der Waals surface area (Å²) in [4.78, 5) is 44.7. The maximum absolute atomic E-state index is 12.6. The van der Waals surface area contributed by atoms with Gasteiger partial charge in [-0.15, -0.1) is 0 Å². The molecule has 1 amide bonds. The monoisotopic (exact) mass is 391 g/mol. The largest absolute Gasteiger partial charge is 0.460 e. The fraction of sp³-hybridized carbons (Fsp3) is 0.444. The fourth-order valence-corrected chi connectivity index (χ4v) is 4.03. The molecule has 2 N–H and O–H groups in total. The number of hydrogen-bond acceptors (Lipinski definition) is 7. The second kappa shape index (κ2) is 8.01. The van der Waals surface area contributed by atoms with Crippen LogP contribution in [0.15, 0.2) is 0 Å². The number of carbonyl (C=O) groups excluding carboxylic acids is 3. The Morgan fingerprint density at radius 2 is 2.04 bits per heavy atom. The molecule has 2 aromatic rings. The van der Waals surface area contributed by atoms with Crippen molar-refractivity contribution in [3.63, 3.8) is 0 Å². The average molecular weight is 391 g/mol. The first-order valence-corrected chi connectivity index (χ1v) is 9.43. The number of aryl methyl sites for hydroxylation is 2. The van der Waals surface area contributed by atoms with Crippen LogP contribution in [-0.2, 0) is 15.9 Å². The van der Waals surface area contributed by atoms with Gasteiger partial charge in [-0.25, -0.2) is 9.78 Å². The molecule has 0 atom stereocenters. The van der Waals surface area contributed by atoms with Crippen molar-refractivity contribution in [3.8, 4) is 0 Å². The number of Topliss-reactive ketones (excluding diaryl/α,β-unsaturated/α-hetero) is 1. The zero-order valence-corrected chi connectivity index (χ0v) is 16.2. The second-order valence-corrected chi connectivity index (χ2v) is 7.28. The van der Waals surface area contributed by atoms with Crippen molar-refractivity contribution in [3.05, 3.63) is 33.1 Å². The second-order valence-electron chi connectivity index (χ2n) is 6.28. The van der Waals surface area contributed by atoms with Crippen LogP contribution in [0, 0.1) is 13.8 Å². The number of nitrogens with one attached hydrogen (secondary N) is 2. The number of ketones is 1. The number of fused-ring (bicyclic) bond motifs is 1. The summed E-state index contributed by atoms with van der Waals surface area (Å²) in [5.41, 5.74) is 2.40. The molecule has 0 saturated carbocycles. The molecule has 8 nitrogen and oxygen atoms in total. The van der Waals surface area contributed by atoms with E-state index in [1.54, 1.807) is 13.8 Å². The van der Waals surface area contributed by atoms with E-state index in [4.69, 9.17) is 9.47 Å². The zero-order chi connectivity index (χ0) is 19.6. The van der Waals surface area contributed by atoms with Crippen molar-refractivity contribution in [2.75, 3.05) is 25.6 Å². The van der Waals surface area contributed by atoms with Gasteiger partial charge in [-0.3, -0.25) is 14.9 Å². The van der Waals surface area contributed by atoms with E-state index in [1.165, 1.54) is 18.4 Å². The topological polar surface area (TPSA) is 110 Å². The number of nitrogens with zero attached hydrogens (tertiary/aromatic N) is 1. The summed E-state index contributed by atoms with van der Waals surface area (Å²) in [7, 11) is 1.52. The third-order valence-corrected chi connectivity index (χ3v) is 5.43. The van der Waals surface area contributed by atoms with Gasteiger partial charge in [0.2, 0.25) is 0 Å². The number of esters is 1. The summed E-state index contributed by atoms with van der Waals surface area (Å²) in [5.74, 6) is -0.847. The number of aromatic amines is 1. The van der Waals surface area contributed by atoms with Crippen molar-refractivity contribution >= 4 is 34.1 Å². The van der Waals surface area contributed by atoms with E-state index < -0.39 is 11.9 Å². The third kappa shape index (κ3) is 3.93. The standard InChI is InChI=1S/C18H21N3O5S/c1-9-13(17(24)26-8-7-25-3)10(2)19-14(9)16(23)21-18-20-11-5-4-6-12(22)15(11)27-18/h19H,4-8H2,1-3H3,(H,20,21,23). The Kier molecular flexibility index (Phi) is 5.71. The van der Waals surface area contributed by atoms with Crippen LogP contribution in [0.3, 0.4) is 0 Å². The van der Waals surface area contributed by atoms with E-state index in [-0.39, 0.29) is 18.1 Å². The molecule has 2 aromatic heterocycles. The van der Waals surface area contributed by atoms with Crippen LogP contribution in [0.1, 0.15) is 60.3 Å². The highest BCUT2D eigenvalue weighted by atomic mass is 32.1. The van der Waals surface area contributed by atoms with Crippen LogP contribution in [0.4, 0.5) is 5.13 Å². The smallest absolute Gasteiger partial charge is 0.340 e. The summed E-state index contributed by atoms with van der Waals surface area (Å²) in [6.45, 7) is 3.83. The van der Waals surface area contributed by atoms with Crippen LogP contribution in [0.2, 0.25) is 0 Å². The summed E-state index contributed by atoms with van der Waals surface area (Å²) < 4.78 is 10.0. The number of rotatable bonds is 6. The predicted octanol–water partition coefficient (Wildman–Crippen LogP) is 2.66. The molecule has 0 spiro atoms. The van der Waals surface area contributed by atoms with Gasteiger partial charge in [-0.05, 0) is 32.3 Å². The average Bonchev–Trinajstić information content (AvgIpc) is 3.16. The predicted molar refractivity (Wildman–Crippen MR) is 99.8 cm³/mol. The molecule has 2 heterocycles. The Balaban J connectivity index is 1.77. The van der Waals surface area contributed by atoms with Crippen molar-refractivity contribution in [1.82, 2.24) is 9.97 Å². The molecule has 144 valence electrons. The first-order chi connectivity index (χ1) is 12.9. The molecule has 9 heteroatoms. The number of H-pyrrole nitrogens is 1. The van der Waals surface area contributed by atoms with E-state index in [1.807, 2.05) is 0 Å². The zero-order valence-electron chi connectivity index (χ0n) is 15.4. The molecule has 1 aliphatic carbocycles. The molecule has 0 saturated heterocycles. The van der Waals surface area contributed by atoms with Gasteiger partial charge in [0.05, 0.1) is 22.7 Å². The van der Waals surface area contributed by atoms with Crippen LogP contribution < -0.4 is 5.32 Å². The van der Waals surface area contributed by atoms with Gasteiger partial charge in [0.1, 0.15) is 12.3 Å². The van der Waals surface area contributed by atoms with E-state index in [0.29, 0.717) is 39.9 Å².